The Kier molecular flexibility index (Phi) is 3.47. The number of fused-ring (bicyclic) bond motifs is 1. The van der Waals surface area contributed by atoms with Crippen molar-refractivity contribution in [3.63, 3.8) is 0 Å². The maximum Gasteiger partial charge on any atom is 0.0602 e. The van der Waals surface area contributed by atoms with Crippen LogP contribution in [0, 0.1) is 5.92 Å². The summed E-state index contributed by atoms with van der Waals surface area (Å²) >= 11 is 12.0. The highest BCUT2D eigenvalue weighted by Crippen LogP contribution is 2.42. The van der Waals surface area contributed by atoms with Crippen LogP contribution in [-0.4, -0.2) is 0 Å². The zero-order chi connectivity index (χ0) is 11.8. The quantitative estimate of drug-likeness (QED) is 0.594. The fourth-order valence-corrected chi connectivity index (χ4v) is 4.62. The fraction of sp³-hybridized carbons (Fsp3) is 0.429. The van der Waals surface area contributed by atoms with Crippen LogP contribution >= 0.6 is 38.9 Å². The Balaban J connectivity index is 1.91. The van der Waals surface area contributed by atoms with Gasteiger partial charge in [-0.3, -0.25) is 0 Å². The van der Waals surface area contributed by atoms with E-state index in [1.54, 1.807) is 11.3 Å². The second kappa shape index (κ2) is 4.91. The number of halogens is 2. The highest BCUT2D eigenvalue weighted by Gasteiger charge is 2.23. The lowest BCUT2D eigenvalue weighted by atomic mass is 9.81. The zero-order valence-electron chi connectivity index (χ0n) is 9.46. The monoisotopic (exact) mass is 328 g/mol. The van der Waals surface area contributed by atoms with E-state index in [2.05, 4.69) is 39.5 Å². The summed E-state index contributed by atoms with van der Waals surface area (Å²) in [5.41, 5.74) is 1.32. The fourth-order valence-electron chi connectivity index (χ4n) is 2.43. The van der Waals surface area contributed by atoms with Crippen LogP contribution in [-0.2, 0) is 0 Å². The molecule has 0 nitrogen and oxygen atoms in total. The molecule has 2 aromatic rings. The lowest BCUT2D eigenvalue weighted by molar-refractivity contribution is 0.293. The van der Waals surface area contributed by atoms with Gasteiger partial charge in [0.2, 0.25) is 0 Å². The number of hydrogen-bond donors (Lipinski definition) is 0. The normalized spacial score (nSPS) is 18.2. The second-order valence-electron chi connectivity index (χ2n) is 4.81. The number of thiophene rings is 1. The van der Waals surface area contributed by atoms with Gasteiger partial charge in [-0.25, -0.2) is 0 Å². The summed E-state index contributed by atoms with van der Waals surface area (Å²) < 4.78 is 2.50. The predicted octanol–water partition coefficient (Wildman–Crippen LogP) is 6.13. The number of rotatable bonds is 3. The topological polar surface area (TPSA) is 0 Å². The molecule has 1 atom stereocenters. The third kappa shape index (κ3) is 2.27. The van der Waals surface area contributed by atoms with Gasteiger partial charge in [0.05, 0.1) is 5.38 Å². The van der Waals surface area contributed by atoms with E-state index in [0.717, 1.165) is 12.3 Å². The average molecular weight is 330 g/mol. The molecule has 0 bridgehead atoms. The second-order valence-corrected chi connectivity index (χ2v) is 7.07. The lowest BCUT2D eigenvalue weighted by Crippen LogP contribution is -2.12. The summed E-state index contributed by atoms with van der Waals surface area (Å²) in [6, 6.07) is 6.37. The molecule has 0 saturated heterocycles. The maximum atomic E-state index is 6.58. The Hall–Kier alpha value is -0.0500. The first-order valence-corrected chi connectivity index (χ1v) is 8.16. The van der Waals surface area contributed by atoms with Crippen molar-refractivity contribution in [1.82, 2.24) is 0 Å². The van der Waals surface area contributed by atoms with Gasteiger partial charge in [-0.2, -0.15) is 0 Å². The van der Waals surface area contributed by atoms with Crippen molar-refractivity contribution in [1.29, 1.82) is 0 Å². The molecule has 1 aromatic heterocycles. The van der Waals surface area contributed by atoms with Crippen LogP contribution in [0.15, 0.2) is 28.1 Å². The van der Waals surface area contributed by atoms with E-state index in [-0.39, 0.29) is 5.38 Å². The predicted molar refractivity (Wildman–Crippen MR) is 80.1 cm³/mol. The van der Waals surface area contributed by atoms with Crippen molar-refractivity contribution >= 4 is 49.0 Å². The van der Waals surface area contributed by atoms with E-state index in [9.17, 15) is 0 Å². The Labute approximate surface area is 119 Å². The SMILES string of the molecule is ClC(CC1CCC1)c1csc2c(Br)cccc12. The minimum Gasteiger partial charge on any atom is -0.142 e. The van der Waals surface area contributed by atoms with E-state index in [0.29, 0.717) is 0 Å². The minimum atomic E-state index is 0.184. The molecule has 3 heteroatoms. The average Bonchev–Trinajstić information content (AvgIpc) is 2.68. The summed E-state index contributed by atoms with van der Waals surface area (Å²) in [6.07, 6.45) is 5.27. The van der Waals surface area contributed by atoms with Crippen molar-refractivity contribution < 1.29 is 0 Å². The first-order chi connectivity index (χ1) is 8.25. The zero-order valence-corrected chi connectivity index (χ0v) is 12.6. The van der Waals surface area contributed by atoms with E-state index in [1.165, 1.54) is 39.4 Å². The van der Waals surface area contributed by atoms with Gasteiger partial charge in [0, 0.05) is 9.17 Å². The summed E-state index contributed by atoms with van der Waals surface area (Å²) in [5.74, 6) is 0.861. The number of alkyl halides is 1. The molecular weight excluding hydrogens is 316 g/mol. The molecule has 90 valence electrons. The number of hydrogen-bond acceptors (Lipinski definition) is 1. The van der Waals surface area contributed by atoms with Gasteiger partial charge in [0.1, 0.15) is 0 Å². The van der Waals surface area contributed by atoms with Gasteiger partial charge in [-0.05, 0) is 50.7 Å². The van der Waals surface area contributed by atoms with Gasteiger partial charge in [0.25, 0.3) is 0 Å². The molecule has 0 N–H and O–H groups in total. The summed E-state index contributed by atoms with van der Waals surface area (Å²) in [6.45, 7) is 0. The molecule has 1 aliphatic rings. The molecule has 1 saturated carbocycles. The van der Waals surface area contributed by atoms with Crippen molar-refractivity contribution in [3.05, 3.63) is 33.6 Å². The van der Waals surface area contributed by atoms with Gasteiger partial charge in [-0.1, -0.05) is 31.4 Å². The first-order valence-electron chi connectivity index (χ1n) is 6.05. The summed E-state index contributed by atoms with van der Waals surface area (Å²) in [5, 5.41) is 3.73. The van der Waals surface area contributed by atoms with Crippen molar-refractivity contribution in [3.8, 4) is 0 Å². The van der Waals surface area contributed by atoms with Crippen LogP contribution in [0.1, 0.15) is 36.6 Å². The van der Waals surface area contributed by atoms with Crippen molar-refractivity contribution in [2.45, 2.75) is 31.1 Å². The Morgan fingerprint density at radius 3 is 2.94 bits per heavy atom. The molecule has 3 rings (SSSR count). The highest BCUT2D eigenvalue weighted by molar-refractivity contribution is 9.10. The highest BCUT2D eigenvalue weighted by atomic mass is 79.9. The molecule has 0 aliphatic heterocycles. The Morgan fingerprint density at radius 1 is 1.41 bits per heavy atom. The molecule has 1 heterocycles. The third-order valence-electron chi connectivity index (χ3n) is 3.68. The van der Waals surface area contributed by atoms with Crippen LogP contribution in [0.5, 0.6) is 0 Å². The summed E-state index contributed by atoms with van der Waals surface area (Å²) in [4.78, 5) is 0. The van der Waals surface area contributed by atoms with Gasteiger partial charge >= 0.3 is 0 Å². The van der Waals surface area contributed by atoms with E-state index >= 15 is 0 Å². The maximum absolute atomic E-state index is 6.58. The van der Waals surface area contributed by atoms with Gasteiger partial charge < -0.3 is 0 Å². The molecule has 0 radical (unpaired) electrons. The van der Waals surface area contributed by atoms with Crippen LogP contribution < -0.4 is 0 Å². The van der Waals surface area contributed by atoms with Crippen LogP contribution in [0.4, 0.5) is 0 Å². The van der Waals surface area contributed by atoms with Crippen LogP contribution in [0.2, 0.25) is 0 Å². The third-order valence-corrected chi connectivity index (χ3v) is 6.07. The summed E-state index contributed by atoms with van der Waals surface area (Å²) in [7, 11) is 0. The van der Waals surface area contributed by atoms with E-state index < -0.39 is 0 Å². The van der Waals surface area contributed by atoms with Crippen molar-refractivity contribution in [2.24, 2.45) is 5.92 Å². The Morgan fingerprint density at radius 2 is 2.24 bits per heavy atom. The largest absolute Gasteiger partial charge is 0.142 e. The van der Waals surface area contributed by atoms with Gasteiger partial charge in [0.15, 0.2) is 0 Å². The molecule has 17 heavy (non-hydrogen) atoms. The van der Waals surface area contributed by atoms with Crippen LogP contribution in [0.25, 0.3) is 10.1 Å². The molecular formula is C14H14BrClS. The number of benzene rings is 1. The molecule has 0 amide bonds. The van der Waals surface area contributed by atoms with Crippen LogP contribution in [0.3, 0.4) is 0 Å². The van der Waals surface area contributed by atoms with E-state index in [1.807, 2.05) is 0 Å². The standard InChI is InChI=1S/C14H14BrClS/c15-12-6-2-5-10-11(8-17-14(10)12)13(16)7-9-3-1-4-9/h2,5-6,8-9,13H,1,3-4,7H2. The smallest absolute Gasteiger partial charge is 0.0602 e. The van der Waals surface area contributed by atoms with E-state index in [4.69, 9.17) is 11.6 Å². The molecule has 1 aromatic carbocycles. The molecule has 1 aliphatic carbocycles. The first kappa shape index (κ1) is 12.0. The molecule has 1 unspecified atom stereocenters. The van der Waals surface area contributed by atoms with Crippen molar-refractivity contribution in [2.75, 3.05) is 0 Å². The molecule has 1 fully saturated rings. The Bertz CT molecular complexity index is 530. The lowest BCUT2D eigenvalue weighted by Gasteiger charge is -2.27. The molecule has 0 spiro atoms. The van der Waals surface area contributed by atoms with Gasteiger partial charge in [-0.15, -0.1) is 22.9 Å². The minimum absolute atomic E-state index is 0.184.